The third-order valence-electron chi connectivity index (χ3n) is 4.64. The number of benzene rings is 3. The Balaban J connectivity index is 1.39. The number of furan rings is 1. The topological polar surface area (TPSA) is 33.5 Å². The summed E-state index contributed by atoms with van der Waals surface area (Å²) in [4.78, 5) is 16.1. The predicted molar refractivity (Wildman–Crippen MR) is 129 cm³/mol. The van der Waals surface area contributed by atoms with Gasteiger partial charge in [-0.1, -0.05) is 90.3 Å². The number of thiocarbonyl (C=S) groups is 1. The van der Waals surface area contributed by atoms with Gasteiger partial charge in [0.1, 0.15) is 5.76 Å². The molecular weight excluding hydrogens is 430 g/mol. The first-order chi connectivity index (χ1) is 14.7. The van der Waals surface area contributed by atoms with Crippen LogP contribution in [-0.4, -0.2) is 10.2 Å². The summed E-state index contributed by atoms with van der Waals surface area (Å²) >= 11 is 8.28. The molecule has 0 aliphatic carbocycles. The van der Waals surface area contributed by atoms with Gasteiger partial charge in [0, 0.05) is 11.0 Å². The zero-order chi connectivity index (χ0) is 20.5. The minimum atomic E-state index is -0.129. The van der Waals surface area contributed by atoms with Crippen LogP contribution < -0.4 is 4.90 Å². The van der Waals surface area contributed by atoms with Crippen molar-refractivity contribution < 1.29 is 9.21 Å². The van der Waals surface area contributed by atoms with E-state index in [9.17, 15) is 4.79 Å². The van der Waals surface area contributed by atoms with Gasteiger partial charge in [0.15, 0.2) is 9.41 Å². The monoisotopic (exact) mass is 445 g/mol. The van der Waals surface area contributed by atoms with Crippen LogP contribution in [0.5, 0.6) is 0 Å². The van der Waals surface area contributed by atoms with Crippen molar-refractivity contribution in [2.75, 3.05) is 4.90 Å². The molecule has 146 valence electrons. The number of para-hydroxylation sites is 1. The van der Waals surface area contributed by atoms with E-state index < -0.39 is 0 Å². The van der Waals surface area contributed by atoms with Crippen molar-refractivity contribution in [2.45, 2.75) is 9.99 Å². The number of carbonyl (C=O) groups is 1. The van der Waals surface area contributed by atoms with Crippen LogP contribution in [0.25, 0.3) is 16.8 Å². The van der Waals surface area contributed by atoms with Gasteiger partial charge in [-0.15, -0.1) is 0 Å². The van der Waals surface area contributed by atoms with E-state index in [0.29, 0.717) is 15.0 Å². The lowest BCUT2D eigenvalue weighted by Crippen LogP contribution is -2.27. The fourth-order valence-electron chi connectivity index (χ4n) is 3.26. The summed E-state index contributed by atoms with van der Waals surface area (Å²) < 4.78 is 6.50. The molecule has 6 heteroatoms. The minimum Gasteiger partial charge on any atom is -0.450 e. The maximum absolute atomic E-state index is 12.9. The second kappa shape index (κ2) is 8.14. The molecule has 1 aromatic heterocycles. The van der Waals surface area contributed by atoms with Gasteiger partial charge in [-0.2, -0.15) is 0 Å². The second-order valence-electron chi connectivity index (χ2n) is 6.59. The van der Waals surface area contributed by atoms with E-state index >= 15 is 0 Å². The molecule has 0 unspecified atom stereocenters. The molecule has 0 N–H and O–H groups in total. The van der Waals surface area contributed by atoms with E-state index in [4.69, 9.17) is 16.6 Å². The van der Waals surface area contributed by atoms with Gasteiger partial charge < -0.3 is 4.42 Å². The average Bonchev–Trinajstić information content (AvgIpc) is 3.32. The van der Waals surface area contributed by atoms with E-state index in [0.717, 1.165) is 15.7 Å². The highest BCUT2D eigenvalue weighted by atomic mass is 32.2. The predicted octanol–water partition coefficient (Wildman–Crippen LogP) is 6.99. The normalized spacial score (nSPS) is 15.5. The van der Waals surface area contributed by atoms with Crippen molar-refractivity contribution in [2.24, 2.45) is 0 Å². The molecular formula is C24H15NO2S3. The molecule has 3 aromatic carbocycles. The molecule has 1 saturated heterocycles. The smallest absolute Gasteiger partial charge is 0.270 e. The highest BCUT2D eigenvalue weighted by Crippen LogP contribution is 2.38. The Bertz CT molecular complexity index is 1290. The summed E-state index contributed by atoms with van der Waals surface area (Å²) in [6.45, 7) is 0. The summed E-state index contributed by atoms with van der Waals surface area (Å²) in [6.07, 6.45) is 1.76. The van der Waals surface area contributed by atoms with Crippen molar-refractivity contribution in [3.8, 4) is 0 Å². The number of amides is 1. The Morgan fingerprint density at radius 1 is 0.900 bits per heavy atom. The van der Waals surface area contributed by atoms with Gasteiger partial charge in [0.25, 0.3) is 5.91 Å². The standard InChI is InChI=1S/C24H15NO2S3/c26-23-21(30-24(28)25(23)17-9-2-1-3-10-17)15-18-13-14-22(27-18)29-20-12-6-8-16-7-4-5-11-19(16)20/h1-15H/b21-15-. The lowest BCUT2D eigenvalue weighted by Gasteiger charge is -2.13. The van der Waals surface area contributed by atoms with E-state index in [1.54, 1.807) is 22.7 Å². The van der Waals surface area contributed by atoms with E-state index in [1.165, 1.54) is 22.5 Å². The van der Waals surface area contributed by atoms with Crippen LogP contribution in [0.4, 0.5) is 5.69 Å². The van der Waals surface area contributed by atoms with Crippen molar-refractivity contribution >= 4 is 68.5 Å². The maximum Gasteiger partial charge on any atom is 0.270 e. The highest BCUT2D eigenvalue weighted by Gasteiger charge is 2.33. The van der Waals surface area contributed by atoms with Gasteiger partial charge >= 0.3 is 0 Å². The molecule has 4 aromatic rings. The number of hydrogen-bond donors (Lipinski definition) is 0. The molecule has 1 aliphatic heterocycles. The molecule has 0 radical (unpaired) electrons. The molecule has 0 saturated carbocycles. The molecule has 0 atom stereocenters. The molecule has 0 spiro atoms. The van der Waals surface area contributed by atoms with Crippen molar-refractivity contribution in [3.63, 3.8) is 0 Å². The molecule has 3 nitrogen and oxygen atoms in total. The maximum atomic E-state index is 12.9. The first kappa shape index (κ1) is 19.2. The number of hydrogen-bond acceptors (Lipinski definition) is 5. The van der Waals surface area contributed by atoms with Gasteiger partial charge in [-0.3, -0.25) is 9.69 Å². The van der Waals surface area contributed by atoms with Gasteiger partial charge in [0.2, 0.25) is 0 Å². The Labute approximate surface area is 187 Å². The minimum absolute atomic E-state index is 0.129. The summed E-state index contributed by atoms with van der Waals surface area (Å²) in [5.74, 6) is 0.502. The zero-order valence-corrected chi connectivity index (χ0v) is 18.1. The second-order valence-corrected chi connectivity index (χ2v) is 9.31. The Hall–Kier alpha value is -2.80. The van der Waals surface area contributed by atoms with Gasteiger partial charge in [-0.05, 0) is 41.1 Å². The first-order valence-electron chi connectivity index (χ1n) is 9.27. The number of thioether (sulfide) groups is 1. The fourth-order valence-corrected chi connectivity index (χ4v) is 5.47. The van der Waals surface area contributed by atoms with Crippen LogP contribution >= 0.6 is 35.7 Å². The molecule has 1 aliphatic rings. The Morgan fingerprint density at radius 2 is 1.67 bits per heavy atom. The SMILES string of the molecule is O=C1/C(=C/c2ccc(Sc3cccc4ccccc34)o2)SC(=S)N1c1ccccc1. The quantitative estimate of drug-likeness (QED) is 0.250. The number of carbonyl (C=O) groups excluding carboxylic acids is 1. The van der Waals surface area contributed by atoms with Crippen LogP contribution in [0, 0.1) is 0 Å². The van der Waals surface area contributed by atoms with E-state index in [2.05, 4.69) is 24.3 Å². The number of rotatable bonds is 4. The van der Waals surface area contributed by atoms with Crippen LogP contribution in [0.3, 0.4) is 0 Å². The molecule has 1 fully saturated rings. The number of fused-ring (bicyclic) bond motifs is 1. The molecule has 0 bridgehead atoms. The highest BCUT2D eigenvalue weighted by molar-refractivity contribution is 8.27. The van der Waals surface area contributed by atoms with Crippen LogP contribution in [0.1, 0.15) is 5.76 Å². The van der Waals surface area contributed by atoms with Gasteiger partial charge in [-0.25, -0.2) is 0 Å². The summed E-state index contributed by atoms with van der Waals surface area (Å²) in [7, 11) is 0. The van der Waals surface area contributed by atoms with Crippen LogP contribution in [0.15, 0.2) is 104 Å². The Kier molecular flexibility index (Phi) is 5.21. The molecule has 1 amide bonds. The third-order valence-corrected chi connectivity index (χ3v) is 6.94. The zero-order valence-electron chi connectivity index (χ0n) is 15.6. The lowest BCUT2D eigenvalue weighted by atomic mass is 10.1. The first-order valence-corrected chi connectivity index (χ1v) is 11.3. The summed E-state index contributed by atoms with van der Waals surface area (Å²) in [5.41, 5.74) is 0.773. The van der Waals surface area contributed by atoms with E-state index in [1.807, 2.05) is 60.7 Å². The summed E-state index contributed by atoms with van der Waals surface area (Å²) in [5, 5.41) is 3.15. The fraction of sp³-hybridized carbons (Fsp3) is 0. The number of anilines is 1. The third kappa shape index (κ3) is 3.69. The number of nitrogens with zero attached hydrogens (tertiary/aromatic N) is 1. The largest absolute Gasteiger partial charge is 0.450 e. The molecule has 5 rings (SSSR count). The average molecular weight is 446 g/mol. The lowest BCUT2D eigenvalue weighted by molar-refractivity contribution is -0.113. The van der Waals surface area contributed by atoms with Crippen molar-refractivity contribution in [3.05, 3.63) is 95.6 Å². The van der Waals surface area contributed by atoms with E-state index in [-0.39, 0.29) is 5.91 Å². The van der Waals surface area contributed by atoms with Crippen molar-refractivity contribution in [1.82, 2.24) is 0 Å². The van der Waals surface area contributed by atoms with Crippen molar-refractivity contribution in [1.29, 1.82) is 0 Å². The molecule has 2 heterocycles. The van der Waals surface area contributed by atoms with Crippen LogP contribution in [-0.2, 0) is 4.79 Å². The summed E-state index contributed by atoms with van der Waals surface area (Å²) in [6, 6.07) is 27.8. The molecule has 30 heavy (non-hydrogen) atoms. The van der Waals surface area contributed by atoms with Crippen LogP contribution in [0.2, 0.25) is 0 Å². The Morgan fingerprint density at radius 3 is 2.53 bits per heavy atom. The van der Waals surface area contributed by atoms with Gasteiger partial charge in [0.05, 0.1) is 10.6 Å².